The van der Waals surface area contributed by atoms with Gasteiger partial charge in [-0.1, -0.05) is 38.5 Å². The number of halogens is 1. The first-order valence-corrected chi connectivity index (χ1v) is 3.95. The van der Waals surface area contributed by atoms with Crippen LogP contribution in [0.5, 0.6) is 0 Å². The molecular weight excluding hydrogens is 155 g/mol. The van der Waals surface area contributed by atoms with E-state index in [-0.39, 0.29) is 42.0 Å². The molecule has 10 heavy (non-hydrogen) atoms. The molecule has 3 aliphatic rings. The van der Waals surface area contributed by atoms with Gasteiger partial charge in [-0.25, -0.2) is 0 Å². The molecular formula is C8H14ClNa. The largest absolute Gasteiger partial charge is 1.00 e. The Morgan fingerprint density at radius 2 is 0.800 bits per heavy atom. The minimum absolute atomic E-state index is 0. The van der Waals surface area contributed by atoms with Crippen LogP contribution < -0.4 is 42.0 Å². The summed E-state index contributed by atoms with van der Waals surface area (Å²) in [6.07, 6.45) is 9.36. The molecule has 3 saturated carbocycles. The normalized spacial score (nSPS) is 36.0. The van der Waals surface area contributed by atoms with Crippen molar-refractivity contribution in [1.82, 2.24) is 0 Å². The van der Waals surface area contributed by atoms with Crippen LogP contribution in [0.2, 0.25) is 0 Å². The van der Waals surface area contributed by atoms with Gasteiger partial charge in [-0.2, -0.15) is 0 Å². The molecule has 0 amide bonds. The molecule has 0 unspecified atom stereocenters. The van der Waals surface area contributed by atoms with Gasteiger partial charge in [0.15, 0.2) is 0 Å². The van der Waals surface area contributed by atoms with E-state index in [1.807, 2.05) is 0 Å². The molecule has 0 heterocycles. The first-order chi connectivity index (χ1) is 3.95. The van der Waals surface area contributed by atoms with Crippen LogP contribution in [-0.2, 0) is 0 Å². The molecule has 0 aromatic heterocycles. The van der Waals surface area contributed by atoms with Gasteiger partial charge in [0, 0.05) is 0 Å². The van der Waals surface area contributed by atoms with Gasteiger partial charge in [0.2, 0.25) is 0 Å². The van der Waals surface area contributed by atoms with Crippen LogP contribution in [0, 0.1) is 11.8 Å². The van der Waals surface area contributed by atoms with Crippen molar-refractivity contribution in [2.24, 2.45) is 11.8 Å². The first kappa shape index (κ1) is 11.3. The zero-order chi connectivity index (χ0) is 5.40. The number of hydrogen-bond acceptors (Lipinski definition) is 0. The van der Waals surface area contributed by atoms with Crippen molar-refractivity contribution in [3.8, 4) is 0 Å². The summed E-state index contributed by atoms with van der Waals surface area (Å²) in [5.41, 5.74) is 0. The van der Waals surface area contributed by atoms with E-state index in [9.17, 15) is 0 Å². The Morgan fingerprint density at radius 1 is 0.600 bits per heavy atom. The summed E-state index contributed by atoms with van der Waals surface area (Å²) < 4.78 is 0. The second kappa shape index (κ2) is 5.03. The maximum absolute atomic E-state index is 1.56. The van der Waals surface area contributed by atoms with Gasteiger partial charge in [0.25, 0.3) is 0 Å². The van der Waals surface area contributed by atoms with E-state index in [1.54, 1.807) is 38.5 Å². The van der Waals surface area contributed by atoms with Crippen LogP contribution in [0.4, 0.5) is 0 Å². The van der Waals surface area contributed by atoms with Crippen LogP contribution in [0.1, 0.15) is 38.5 Å². The Balaban J connectivity index is 0.000000405. The molecule has 0 aliphatic heterocycles. The fourth-order valence-corrected chi connectivity index (χ4v) is 2.28. The standard InChI is InChI=1S/C8H14.ClH.Na/c1-2-8-5-3-7(1)4-6-8;;/h7-8H,1-6H2;1H;/q;;+1/p-1. The second-order valence-electron chi connectivity index (χ2n) is 3.46. The van der Waals surface area contributed by atoms with Gasteiger partial charge in [-0.05, 0) is 11.8 Å². The van der Waals surface area contributed by atoms with Gasteiger partial charge in [-0.15, -0.1) is 0 Å². The average molecular weight is 169 g/mol. The van der Waals surface area contributed by atoms with Gasteiger partial charge in [0.05, 0.1) is 0 Å². The third-order valence-corrected chi connectivity index (χ3v) is 2.95. The fraction of sp³-hybridized carbons (Fsp3) is 1.00. The van der Waals surface area contributed by atoms with Crippen LogP contribution in [-0.4, -0.2) is 0 Å². The third kappa shape index (κ3) is 2.41. The molecule has 2 heteroatoms. The SMILES string of the molecule is C1CC2CCC1CC2.[Cl-].[Na+]. The number of fused-ring (bicyclic) bond motifs is 3. The second-order valence-corrected chi connectivity index (χ2v) is 3.46. The average Bonchev–Trinajstić information content (AvgIpc) is 1.92. The minimum Gasteiger partial charge on any atom is -1.00 e. The molecule has 0 spiro atoms. The van der Waals surface area contributed by atoms with E-state index < -0.39 is 0 Å². The third-order valence-electron chi connectivity index (χ3n) is 2.95. The Hall–Kier alpha value is 1.29. The van der Waals surface area contributed by atoms with E-state index >= 15 is 0 Å². The molecule has 0 aromatic rings. The van der Waals surface area contributed by atoms with Crippen molar-refractivity contribution >= 4 is 0 Å². The summed E-state index contributed by atoms with van der Waals surface area (Å²) in [4.78, 5) is 0. The summed E-state index contributed by atoms with van der Waals surface area (Å²) in [7, 11) is 0. The van der Waals surface area contributed by atoms with Gasteiger partial charge >= 0.3 is 29.6 Å². The van der Waals surface area contributed by atoms with E-state index in [0.29, 0.717) is 0 Å². The molecule has 3 fully saturated rings. The van der Waals surface area contributed by atoms with Crippen LogP contribution in [0.3, 0.4) is 0 Å². The zero-order valence-electron chi connectivity index (χ0n) is 6.78. The molecule has 54 valence electrons. The predicted octanol–water partition coefficient (Wildman–Crippen LogP) is -3.41. The fourth-order valence-electron chi connectivity index (χ4n) is 2.28. The van der Waals surface area contributed by atoms with Gasteiger partial charge in [0.1, 0.15) is 0 Å². The van der Waals surface area contributed by atoms with Gasteiger partial charge in [-0.3, -0.25) is 0 Å². The predicted molar refractivity (Wildman–Crippen MR) is 34.7 cm³/mol. The van der Waals surface area contributed by atoms with Crippen molar-refractivity contribution in [2.45, 2.75) is 38.5 Å². The maximum Gasteiger partial charge on any atom is 1.00 e. The van der Waals surface area contributed by atoms with Crippen molar-refractivity contribution in [1.29, 1.82) is 0 Å². The Morgan fingerprint density at radius 3 is 0.900 bits per heavy atom. The first-order valence-electron chi connectivity index (χ1n) is 3.95. The number of rotatable bonds is 0. The monoisotopic (exact) mass is 168 g/mol. The minimum atomic E-state index is 0. The van der Waals surface area contributed by atoms with E-state index in [0.717, 1.165) is 11.8 Å². The molecule has 0 radical (unpaired) electrons. The Kier molecular flexibility index (Phi) is 5.68. The topological polar surface area (TPSA) is 0 Å². The Labute approximate surface area is 91.8 Å². The molecule has 0 N–H and O–H groups in total. The molecule has 3 aliphatic carbocycles. The van der Waals surface area contributed by atoms with Gasteiger partial charge < -0.3 is 12.4 Å². The zero-order valence-corrected chi connectivity index (χ0v) is 9.53. The van der Waals surface area contributed by atoms with Crippen LogP contribution in [0.25, 0.3) is 0 Å². The molecule has 0 saturated heterocycles. The summed E-state index contributed by atoms with van der Waals surface area (Å²) in [5.74, 6) is 2.31. The summed E-state index contributed by atoms with van der Waals surface area (Å²) in [6.45, 7) is 0. The maximum atomic E-state index is 1.56. The van der Waals surface area contributed by atoms with Crippen molar-refractivity contribution in [3.05, 3.63) is 0 Å². The van der Waals surface area contributed by atoms with E-state index in [4.69, 9.17) is 0 Å². The molecule has 2 bridgehead atoms. The van der Waals surface area contributed by atoms with E-state index in [2.05, 4.69) is 0 Å². The van der Waals surface area contributed by atoms with Crippen LogP contribution >= 0.6 is 0 Å². The smallest absolute Gasteiger partial charge is 1.00 e. The molecule has 0 atom stereocenters. The van der Waals surface area contributed by atoms with Crippen molar-refractivity contribution in [2.75, 3.05) is 0 Å². The summed E-state index contributed by atoms with van der Waals surface area (Å²) in [6, 6.07) is 0. The summed E-state index contributed by atoms with van der Waals surface area (Å²) in [5, 5.41) is 0. The quantitative estimate of drug-likeness (QED) is 0.331. The molecule has 0 aromatic carbocycles. The van der Waals surface area contributed by atoms with E-state index in [1.165, 1.54) is 0 Å². The summed E-state index contributed by atoms with van der Waals surface area (Å²) >= 11 is 0. The molecule has 0 nitrogen and oxygen atoms in total. The number of hydrogen-bond donors (Lipinski definition) is 0. The molecule has 3 rings (SSSR count). The van der Waals surface area contributed by atoms with Crippen molar-refractivity contribution in [3.63, 3.8) is 0 Å². The van der Waals surface area contributed by atoms with Crippen LogP contribution in [0.15, 0.2) is 0 Å². The Bertz CT molecular complexity index is 64.2. The van der Waals surface area contributed by atoms with Crippen molar-refractivity contribution < 1.29 is 42.0 Å².